The minimum Gasteiger partial charge on any atom is -0.476 e. The summed E-state index contributed by atoms with van der Waals surface area (Å²) in [6.07, 6.45) is 0.878. The Morgan fingerprint density at radius 2 is 2.20 bits per heavy atom. The Kier molecular flexibility index (Phi) is 5.45. The summed E-state index contributed by atoms with van der Waals surface area (Å²) in [6.45, 7) is 5.66. The van der Waals surface area contributed by atoms with Crippen LogP contribution in [-0.2, 0) is 0 Å². The van der Waals surface area contributed by atoms with Gasteiger partial charge in [0, 0.05) is 38.1 Å². The van der Waals surface area contributed by atoms with E-state index in [0.717, 1.165) is 50.5 Å². The number of aromatic carboxylic acids is 1. The molecule has 0 bridgehead atoms. The van der Waals surface area contributed by atoms with Gasteiger partial charge in [0.1, 0.15) is 0 Å². The molecule has 7 nitrogen and oxygen atoms in total. The van der Waals surface area contributed by atoms with E-state index in [9.17, 15) is 9.59 Å². The van der Waals surface area contributed by atoms with Crippen LogP contribution in [0.1, 0.15) is 26.7 Å². The van der Waals surface area contributed by atoms with Crippen LogP contribution in [0.3, 0.4) is 0 Å². The van der Waals surface area contributed by atoms with E-state index in [4.69, 9.17) is 5.11 Å². The van der Waals surface area contributed by atoms with Crippen LogP contribution in [0.4, 0.5) is 0 Å². The summed E-state index contributed by atoms with van der Waals surface area (Å²) >= 11 is 1.05. The van der Waals surface area contributed by atoms with E-state index in [1.165, 1.54) is 5.38 Å². The van der Waals surface area contributed by atoms with E-state index in [2.05, 4.69) is 20.5 Å². The van der Waals surface area contributed by atoms with Crippen molar-refractivity contribution in [2.45, 2.75) is 6.42 Å². The number of aromatic nitrogens is 1. The zero-order valence-electron chi connectivity index (χ0n) is 11.1. The highest BCUT2D eigenvalue weighted by Crippen LogP contribution is 2.09. The molecule has 1 fully saturated rings. The number of rotatable bonds is 6. The Labute approximate surface area is 121 Å². The first-order valence-corrected chi connectivity index (χ1v) is 7.45. The largest absolute Gasteiger partial charge is 0.476 e. The molecule has 0 aromatic carbocycles. The quantitative estimate of drug-likeness (QED) is 0.633. The number of nitrogens with zero attached hydrogens (tertiary/aromatic N) is 2. The molecule has 1 aromatic heterocycles. The van der Waals surface area contributed by atoms with Crippen molar-refractivity contribution in [1.82, 2.24) is 20.5 Å². The molecular formula is C12H18N4O3S. The summed E-state index contributed by atoms with van der Waals surface area (Å²) in [7, 11) is 0. The van der Waals surface area contributed by atoms with Gasteiger partial charge in [0.15, 0.2) is 10.7 Å². The number of carboxylic acid groups (broad SMARTS) is 1. The third-order valence-electron chi connectivity index (χ3n) is 3.06. The van der Waals surface area contributed by atoms with Gasteiger partial charge >= 0.3 is 5.97 Å². The molecule has 1 amide bonds. The van der Waals surface area contributed by atoms with Gasteiger partial charge in [0.25, 0.3) is 5.91 Å². The van der Waals surface area contributed by atoms with Crippen LogP contribution in [0.15, 0.2) is 5.38 Å². The van der Waals surface area contributed by atoms with Crippen LogP contribution >= 0.6 is 11.3 Å². The zero-order chi connectivity index (χ0) is 14.4. The third-order valence-corrected chi connectivity index (χ3v) is 3.90. The highest BCUT2D eigenvalue weighted by Gasteiger charge is 2.14. The number of carbonyl (C=O) groups is 2. The molecule has 20 heavy (non-hydrogen) atoms. The number of carbonyl (C=O) groups excluding carboxylic acids is 1. The summed E-state index contributed by atoms with van der Waals surface area (Å²) in [5.41, 5.74) is -0.0824. The molecule has 1 aromatic rings. The first-order valence-electron chi connectivity index (χ1n) is 6.57. The van der Waals surface area contributed by atoms with Gasteiger partial charge < -0.3 is 20.6 Å². The predicted molar refractivity (Wildman–Crippen MR) is 75.3 cm³/mol. The van der Waals surface area contributed by atoms with Crippen molar-refractivity contribution in [3.8, 4) is 0 Å². The number of amides is 1. The summed E-state index contributed by atoms with van der Waals surface area (Å²) in [5.74, 6) is -1.41. The van der Waals surface area contributed by atoms with Crippen molar-refractivity contribution in [3.63, 3.8) is 0 Å². The second kappa shape index (κ2) is 7.32. The first-order chi connectivity index (χ1) is 9.66. The lowest BCUT2D eigenvalue weighted by molar-refractivity contribution is 0.0691. The van der Waals surface area contributed by atoms with Gasteiger partial charge in [-0.25, -0.2) is 9.78 Å². The van der Waals surface area contributed by atoms with Gasteiger partial charge in [-0.2, -0.15) is 0 Å². The molecule has 0 aliphatic carbocycles. The molecular weight excluding hydrogens is 280 g/mol. The molecule has 3 N–H and O–H groups in total. The fourth-order valence-electron chi connectivity index (χ4n) is 1.99. The van der Waals surface area contributed by atoms with E-state index in [1.807, 2.05) is 0 Å². The van der Waals surface area contributed by atoms with E-state index >= 15 is 0 Å². The SMILES string of the molecule is O=C(O)c1csc(C(=O)NCCCN2CCNCC2)n1. The van der Waals surface area contributed by atoms with Crippen LogP contribution in [-0.4, -0.2) is 66.1 Å². The Morgan fingerprint density at radius 1 is 1.45 bits per heavy atom. The molecule has 2 heterocycles. The van der Waals surface area contributed by atoms with Gasteiger partial charge in [-0.3, -0.25) is 4.79 Å². The molecule has 1 saturated heterocycles. The first kappa shape index (κ1) is 14.9. The third kappa shape index (κ3) is 4.26. The fraction of sp³-hybridized carbons (Fsp3) is 0.583. The molecule has 0 atom stereocenters. The van der Waals surface area contributed by atoms with Crippen LogP contribution in [0.2, 0.25) is 0 Å². The van der Waals surface area contributed by atoms with Gasteiger partial charge in [-0.05, 0) is 13.0 Å². The zero-order valence-corrected chi connectivity index (χ0v) is 11.9. The lowest BCUT2D eigenvalue weighted by Gasteiger charge is -2.26. The van der Waals surface area contributed by atoms with E-state index in [0.29, 0.717) is 6.54 Å². The number of carboxylic acids is 1. The number of nitrogens with one attached hydrogen (secondary N) is 2. The normalized spacial score (nSPS) is 16.0. The Bertz CT molecular complexity index is 471. The maximum atomic E-state index is 11.8. The maximum absolute atomic E-state index is 11.8. The molecule has 0 radical (unpaired) electrons. The van der Waals surface area contributed by atoms with Gasteiger partial charge in [0.05, 0.1) is 0 Å². The standard InChI is InChI=1S/C12H18N4O3S/c17-10(11-15-9(8-20-11)12(18)19)14-2-1-5-16-6-3-13-4-7-16/h8,13H,1-7H2,(H,14,17)(H,18,19). The molecule has 8 heteroatoms. The molecule has 2 rings (SSSR count). The number of piperazine rings is 1. The number of hydrogen-bond acceptors (Lipinski definition) is 6. The second-order valence-corrected chi connectivity index (χ2v) is 5.40. The minimum absolute atomic E-state index is 0.0824. The predicted octanol–water partition coefficient (Wildman–Crippen LogP) is -0.134. The summed E-state index contributed by atoms with van der Waals surface area (Å²) in [5, 5.41) is 16.4. The van der Waals surface area contributed by atoms with Crippen molar-refractivity contribution >= 4 is 23.2 Å². The van der Waals surface area contributed by atoms with Crippen molar-refractivity contribution in [1.29, 1.82) is 0 Å². The maximum Gasteiger partial charge on any atom is 0.355 e. The summed E-state index contributed by atoms with van der Waals surface area (Å²) in [6, 6.07) is 0. The van der Waals surface area contributed by atoms with Gasteiger partial charge in [-0.1, -0.05) is 0 Å². The number of thiazole rings is 1. The van der Waals surface area contributed by atoms with E-state index in [1.54, 1.807) is 0 Å². The minimum atomic E-state index is -1.11. The smallest absolute Gasteiger partial charge is 0.355 e. The highest BCUT2D eigenvalue weighted by atomic mass is 32.1. The van der Waals surface area contributed by atoms with E-state index < -0.39 is 5.97 Å². The van der Waals surface area contributed by atoms with E-state index in [-0.39, 0.29) is 16.6 Å². The summed E-state index contributed by atoms with van der Waals surface area (Å²) in [4.78, 5) is 28.5. The average molecular weight is 298 g/mol. The van der Waals surface area contributed by atoms with Crippen LogP contribution in [0.25, 0.3) is 0 Å². The summed E-state index contributed by atoms with van der Waals surface area (Å²) < 4.78 is 0. The van der Waals surface area contributed by atoms with Crippen LogP contribution in [0, 0.1) is 0 Å². The fourth-order valence-corrected chi connectivity index (χ4v) is 2.70. The van der Waals surface area contributed by atoms with Crippen molar-refractivity contribution in [3.05, 3.63) is 16.1 Å². The number of hydrogen-bond donors (Lipinski definition) is 3. The molecule has 1 aliphatic rings. The van der Waals surface area contributed by atoms with Gasteiger partial charge in [-0.15, -0.1) is 11.3 Å². The Morgan fingerprint density at radius 3 is 2.85 bits per heavy atom. The molecule has 0 spiro atoms. The van der Waals surface area contributed by atoms with Crippen LogP contribution in [0.5, 0.6) is 0 Å². The van der Waals surface area contributed by atoms with Crippen molar-refractivity contribution in [2.75, 3.05) is 39.3 Å². The lowest BCUT2D eigenvalue weighted by atomic mass is 10.3. The van der Waals surface area contributed by atoms with Gasteiger partial charge in [0.2, 0.25) is 0 Å². The molecule has 0 unspecified atom stereocenters. The Balaban J connectivity index is 1.67. The topological polar surface area (TPSA) is 94.6 Å². The lowest BCUT2D eigenvalue weighted by Crippen LogP contribution is -2.44. The second-order valence-electron chi connectivity index (χ2n) is 4.54. The van der Waals surface area contributed by atoms with Crippen molar-refractivity contribution in [2.24, 2.45) is 0 Å². The Hall–Kier alpha value is -1.51. The monoisotopic (exact) mass is 298 g/mol. The highest BCUT2D eigenvalue weighted by molar-refractivity contribution is 7.11. The molecule has 110 valence electrons. The molecule has 1 aliphatic heterocycles. The average Bonchev–Trinajstić information content (AvgIpc) is 2.94. The van der Waals surface area contributed by atoms with Crippen LogP contribution < -0.4 is 10.6 Å². The van der Waals surface area contributed by atoms with Crippen molar-refractivity contribution < 1.29 is 14.7 Å². The molecule has 0 saturated carbocycles.